The molecule has 0 amide bonds. The SMILES string of the molecule is Cc1ccc(C)c(CC(O)c2ncccc2Br)c1. The van der Waals surface area contributed by atoms with Crippen molar-refractivity contribution in [2.45, 2.75) is 26.4 Å². The molecule has 1 heterocycles. The van der Waals surface area contributed by atoms with Crippen molar-refractivity contribution in [3.05, 3.63) is 63.4 Å². The van der Waals surface area contributed by atoms with Gasteiger partial charge in [0, 0.05) is 17.1 Å². The average molecular weight is 306 g/mol. The van der Waals surface area contributed by atoms with Crippen LogP contribution in [0.5, 0.6) is 0 Å². The zero-order chi connectivity index (χ0) is 13.1. The molecular weight excluding hydrogens is 290 g/mol. The van der Waals surface area contributed by atoms with Crippen molar-refractivity contribution in [2.24, 2.45) is 0 Å². The summed E-state index contributed by atoms with van der Waals surface area (Å²) in [4.78, 5) is 4.23. The Bertz CT molecular complexity index is 554. The summed E-state index contributed by atoms with van der Waals surface area (Å²) in [5.41, 5.74) is 4.27. The third-order valence-corrected chi connectivity index (χ3v) is 3.69. The van der Waals surface area contributed by atoms with Crippen LogP contribution in [-0.4, -0.2) is 10.1 Å². The highest BCUT2D eigenvalue weighted by Crippen LogP contribution is 2.25. The van der Waals surface area contributed by atoms with Crippen LogP contribution in [0, 0.1) is 13.8 Å². The Kier molecular flexibility index (Phi) is 4.15. The number of nitrogens with zero attached hydrogens (tertiary/aromatic N) is 1. The Labute approximate surface area is 116 Å². The molecule has 0 aliphatic rings. The maximum absolute atomic E-state index is 10.3. The van der Waals surface area contributed by atoms with Gasteiger partial charge in [-0.25, -0.2) is 0 Å². The summed E-state index contributed by atoms with van der Waals surface area (Å²) in [6, 6.07) is 10.0. The molecule has 0 saturated carbocycles. The second-order valence-corrected chi connectivity index (χ2v) is 5.37. The predicted octanol–water partition coefficient (Wildman–Crippen LogP) is 3.74. The van der Waals surface area contributed by atoms with E-state index in [4.69, 9.17) is 0 Å². The van der Waals surface area contributed by atoms with E-state index in [-0.39, 0.29) is 0 Å². The van der Waals surface area contributed by atoms with Gasteiger partial charge < -0.3 is 5.11 Å². The van der Waals surface area contributed by atoms with E-state index in [0.717, 1.165) is 4.47 Å². The summed E-state index contributed by atoms with van der Waals surface area (Å²) in [6.07, 6.45) is 1.70. The maximum atomic E-state index is 10.3. The summed E-state index contributed by atoms with van der Waals surface area (Å²) in [5, 5.41) is 10.3. The topological polar surface area (TPSA) is 33.1 Å². The molecule has 0 bridgehead atoms. The highest BCUT2D eigenvalue weighted by Gasteiger charge is 2.14. The second kappa shape index (κ2) is 5.63. The molecule has 3 heteroatoms. The first-order valence-corrected chi connectivity index (χ1v) is 6.72. The van der Waals surface area contributed by atoms with E-state index >= 15 is 0 Å². The average Bonchev–Trinajstić information content (AvgIpc) is 2.34. The standard InChI is InChI=1S/C15H16BrNO/c1-10-5-6-11(2)12(8-10)9-14(18)15-13(16)4-3-7-17-15/h3-8,14,18H,9H2,1-2H3. The number of aromatic nitrogens is 1. The lowest BCUT2D eigenvalue weighted by molar-refractivity contribution is 0.172. The van der Waals surface area contributed by atoms with Crippen LogP contribution in [0.4, 0.5) is 0 Å². The van der Waals surface area contributed by atoms with Gasteiger partial charge in [-0.15, -0.1) is 0 Å². The first-order valence-electron chi connectivity index (χ1n) is 5.92. The molecule has 0 spiro atoms. The van der Waals surface area contributed by atoms with Crippen molar-refractivity contribution in [1.82, 2.24) is 4.98 Å². The minimum atomic E-state index is -0.582. The molecule has 1 unspecified atom stereocenters. The molecule has 0 saturated heterocycles. The van der Waals surface area contributed by atoms with E-state index in [2.05, 4.69) is 53.0 Å². The molecule has 1 aromatic carbocycles. The Balaban J connectivity index is 2.24. The quantitative estimate of drug-likeness (QED) is 0.937. The summed E-state index contributed by atoms with van der Waals surface area (Å²) in [5.74, 6) is 0. The summed E-state index contributed by atoms with van der Waals surface area (Å²) < 4.78 is 0.850. The molecule has 2 aromatic rings. The van der Waals surface area contributed by atoms with Gasteiger partial charge in [-0.05, 0) is 53.0 Å². The minimum Gasteiger partial charge on any atom is -0.386 e. The van der Waals surface area contributed by atoms with E-state index in [1.807, 2.05) is 12.1 Å². The van der Waals surface area contributed by atoms with Gasteiger partial charge in [-0.3, -0.25) is 4.98 Å². The van der Waals surface area contributed by atoms with Gasteiger partial charge in [0.2, 0.25) is 0 Å². The van der Waals surface area contributed by atoms with Crippen molar-refractivity contribution in [3.63, 3.8) is 0 Å². The molecule has 0 aliphatic heterocycles. The number of hydrogen-bond acceptors (Lipinski definition) is 2. The van der Waals surface area contributed by atoms with Gasteiger partial charge in [0.15, 0.2) is 0 Å². The predicted molar refractivity (Wildman–Crippen MR) is 76.5 cm³/mol. The first kappa shape index (κ1) is 13.2. The normalized spacial score (nSPS) is 12.4. The van der Waals surface area contributed by atoms with E-state index in [9.17, 15) is 5.11 Å². The number of aryl methyl sites for hydroxylation is 2. The van der Waals surface area contributed by atoms with Crippen molar-refractivity contribution in [1.29, 1.82) is 0 Å². The number of aliphatic hydroxyl groups is 1. The van der Waals surface area contributed by atoms with Crippen LogP contribution in [-0.2, 0) is 6.42 Å². The second-order valence-electron chi connectivity index (χ2n) is 4.52. The number of rotatable bonds is 3. The molecular formula is C15H16BrNO. The fourth-order valence-corrected chi connectivity index (χ4v) is 2.49. The third kappa shape index (κ3) is 2.98. The Morgan fingerprint density at radius 2 is 2.06 bits per heavy atom. The van der Waals surface area contributed by atoms with Crippen LogP contribution in [0.25, 0.3) is 0 Å². The number of benzene rings is 1. The third-order valence-electron chi connectivity index (χ3n) is 3.02. The molecule has 1 N–H and O–H groups in total. The number of halogens is 1. The van der Waals surface area contributed by atoms with Crippen LogP contribution in [0.2, 0.25) is 0 Å². The highest BCUT2D eigenvalue weighted by molar-refractivity contribution is 9.10. The van der Waals surface area contributed by atoms with Crippen molar-refractivity contribution >= 4 is 15.9 Å². The largest absolute Gasteiger partial charge is 0.386 e. The summed E-state index contributed by atoms with van der Waals surface area (Å²) >= 11 is 3.42. The van der Waals surface area contributed by atoms with E-state index in [0.29, 0.717) is 12.1 Å². The van der Waals surface area contributed by atoms with E-state index in [1.165, 1.54) is 16.7 Å². The summed E-state index contributed by atoms with van der Waals surface area (Å²) in [6.45, 7) is 4.13. The first-order chi connectivity index (χ1) is 8.58. The van der Waals surface area contributed by atoms with Crippen LogP contribution < -0.4 is 0 Å². The minimum absolute atomic E-state index is 0.582. The van der Waals surface area contributed by atoms with Crippen molar-refractivity contribution in [3.8, 4) is 0 Å². The van der Waals surface area contributed by atoms with Crippen LogP contribution in [0.15, 0.2) is 41.0 Å². The fourth-order valence-electron chi connectivity index (χ4n) is 1.97. The van der Waals surface area contributed by atoms with Gasteiger partial charge in [0.25, 0.3) is 0 Å². The lowest BCUT2D eigenvalue weighted by Gasteiger charge is -2.14. The van der Waals surface area contributed by atoms with Gasteiger partial charge in [-0.2, -0.15) is 0 Å². The van der Waals surface area contributed by atoms with Crippen LogP contribution in [0.3, 0.4) is 0 Å². The van der Waals surface area contributed by atoms with Gasteiger partial charge in [0.1, 0.15) is 6.10 Å². The molecule has 0 fully saturated rings. The number of pyridine rings is 1. The molecule has 2 rings (SSSR count). The molecule has 1 aromatic heterocycles. The Hall–Kier alpha value is -1.19. The highest BCUT2D eigenvalue weighted by atomic mass is 79.9. The Morgan fingerprint density at radius 3 is 2.78 bits per heavy atom. The molecule has 0 radical (unpaired) electrons. The van der Waals surface area contributed by atoms with Crippen LogP contribution in [0.1, 0.15) is 28.5 Å². The molecule has 18 heavy (non-hydrogen) atoms. The van der Waals surface area contributed by atoms with E-state index < -0.39 is 6.10 Å². The zero-order valence-electron chi connectivity index (χ0n) is 10.5. The maximum Gasteiger partial charge on any atom is 0.101 e. The lowest BCUT2D eigenvalue weighted by atomic mass is 9.99. The number of hydrogen-bond donors (Lipinski definition) is 1. The molecule has 0 aliphatic carbocycles. The molecule has 2 nitrogen and oxygen atoms in total. The van der Waals surface area contributed by atoms with E-state index in [1.54, 1.807) is 6.20 Å². The van der Waals surface area contributed by atoms with Crippen LogP contribution >= 0.6 is 15.9 Å². The Morgan fingerprint density at radius 1 is 1.28 bits per heavy atom. The van der Waals surface area contributed by atoms with Gasteiger partial charge in [0.05, 0.1) is 5.69 Å². The van der Waals surface area contributed by atoms with Gasteiger partial charge in [-0.1, -0.05) is 23.8 Å². The van der Waals surface area contributed by atoms with Crippen molar-refractivity contribution in [2.75, 3.05) is 0 Å². The molecule has 1 atom stereocenters. The number of aliphatic hydroxyl groups excluding tert-OH is 1. The zero-order valence-corrected chi connectivity index (χ0v) is 12.1. The van der Waals surface area contributed by atoms with Crippen molar-refractivity contribution < 1.29 is 5.11 Å². The smallest absolute Gasteiger partial charge is 0.101 e. The molecule has 94 valence electrons. The lowest BCUT2D eigenvalue weighted by Crippen LogP contribution is -2.06. The monoisotopic (exact) mass is 305 g/mol. The summed E-state index contributed by atoms with van der Waals surface area (Å²) in [7, 11) is 0. The van der Waals surface area contributed by atoms with Gasteiger partial charge >= 0.3 is 0 Å². The fraction of sp³-hybridized carbons (Fsp3) is 0.267.